The van der Waals surface area contributed by atoms with Gasteiger partial charge in [0.05, 0.1) is 17.9 Å². The third-order valence-corrected chi connectivity index (χ3v) is 5.09. The number of carbonyl (C=O) groups excluding carboxylic acids is 2. The molecule has 0 radical (unpaired) electrons. The summed E-state index contributed by atoms with van der Waals surface area (Å²) in [4.78, 5) is 25.8. The van der Waals surface area contributed by atoms with Crippen LogP contribution in [0.4, 0.5) is 5.69 Å². The van der Waals surface area contributed by atoms with Crippen LogP contribution >= 0.6 is 0 Å². The van der Waals surface area contributed by atoms with E-state index in [9.17, 15) is 18.0 Å². The number of esters is 1. The zero-order valence-corrected chi connectivity index (χ0v) is 15.9. The Hall–Kier alpha value is -2.68. The van der Waals surface area contributed by atoms with Crippen LogP contribution in [0, 0.1) is 6.92 Å². The highest BCUT2D eigenvalue weighted by atomic mass is 32.2. The van der Waals surface area contributed by atoms with E-state index in [-0.39, 0.29) is 17.9 Å². The molecule has 0 saturated heterocycles. The molecule has 140 valence electrons. The van der Waals surface area contributed by atoms with Gasteiger partial charge in [-0.25, -0.2) is 9.10 Å². The number of carbonyl (C=O) groups is 2. The second-order valence-corrected chi connectivity index (χ2v) is 7.30. The predicted octanol–water partition coefficient (Wildman–Crippen LogP) is 1.43. The highest BCUT2D eigenvalue weighted by Crippen LogP contribution is 2.19. The average Bonchev–Trinajstić information content (AvgIpc) is 2.56. The maximum atomic E-state index is 12.5. The number of benzene rings is 1. The Morgan fingerprint density at radius 1 is 1.27 bits per heavy atom. The van der Waals surface area contributed by atoms with Crippen LogP contribution in [0.25, 0.3) is 0 Å². The molecule has 1 aromatic rings. The summed E-state index contributed by atoms with van der Waals surface area (Å²) in [7, 11) is -2.53. The molecule has 1 aliphatic heterocycles. The van der Waals surface area contributed by atoms with E-state index in [0.717, 1.165) is 16.1 Å². The van der Waals surface area contributed by atoms with Crippen molar-refractivity contribution in [3.63, 3.8) is 0 Å². The Morgan fingerprint density at radius 3 is 2.58 bits per heavy atom. The molecule has 0 N–H and O–H groups in total. The van der Waals surface area contributed by atoms with Crippen molar-refractivity contribution in [2.45, 2.75) is 20.8 Å². The molecule has 0 unspecified atom stereocenters. The largest absolute Gasteiger partial charge is 0.462 e. The highest BCUT2D eigenvalue weighted by molar-refractivity contribution is 7.88. The fourth-order valence-corrected chi connectivity index (χ4v) is 3.40. The molecule has 26 heavy (non-hydrogen) atoms. The number of anilines is 1. The molecule has 1 amide bonds. The van der Waals surface area contributed by atoms with Crippen molar-refractivity contribution < 1.29 is 22.7 Å². The van der Waals surface area contributed by atoms with Gasteiger partial charge < -0.3 is 9.64 Å². The van der Waals surface area contributed by atoms with Gasteiger partial charge in [-0.3, -0.25) is 4.79 Å². The monoisotopic (exact) mass is 379 g/mol. The van der Waals surface area contributed by atoms with Crippen LogP contribution in [0.2, 0.25) is 0 Å². The first-order chi connectivity index (χ1) is 12.2. The van der Waals surface area contributed by atoms with Crippen molar-refractivity contribution in [1.29, 1.82) is 0 Å². The molecule has 0 bridgehead atoms. The smallest absolute Gasteiger partial charge is 0.344 e. The molecule has 1 aliphatic rings. The minimum Gasteiger partial charge on any atom is -0.462 e. The molecule has 9 heteroatoms. The topological polar surface area (TPSA) is 96.4 Å². The van der Waals surface area contributed by atoms with Gasteiger partial charge in [0.15, 0.2) is 0 Å². The molecule has 0 aromatic heterocycles. The summed E-state index contributed by atoms with van der Waals surface area (Å²) in [5, 5.41) is 0. The maximum Gasteiger partial charge on any atom is 0.344 e. The molecular formula is C17H21N3O5S. The SMILES string of the molecule is CCOC(=O)C1=CN(CC(=O)N(C)c2cccc(C)c2)S(=O)(=O)N=C1C. The molecule has 1 aromatic carbocycles. The number of nitrogens with zero attached hydrogens (tertiary/aromatic N) is 3. The minimum atomic E-state index is -4.08. The lowest BCUT2D eigenvalue weighted by Gasteiger charge is -2.25. The summed E-state index contributed by atoms with van der Waals surface area (Å²) in [6, 6.07) is 7.25. The first kappa shape index (κ1) is 19.6. The first-order valence-electron chi connectivity index (χ1n) is 7.96. The van der Waals surface area contributed by atoms with Crippen molar-refractivity contribution in [2.75, 3.05) is 25.1 Å². The van der Waals surface area contributed by atoms with E-state index in [0.29, 0.717) is 5.69 Å². The van der Waals surface area contributed by atoms with Gasteiger partial charge >= 0.3 is 16.2 Å². The van der Waals surface area contributed by atoms with E-state index >= 15 is 0 Å². The van der Waals surface area contributed by atoms with Crippen LogP contribution in [-0.4, -0.2) is 50.5 Å². The van der Waals surface area contributed by atoms with Gasteiger partial charge in [0, 0.05) is 18.9 Å². The van der Waals surface area contributed by atoms with Gasteiger partial charge in [-0.15, -0.1) is 4.40 Å². The molecule has 2 rings (SSSR count). The van der Waals surface area contributed by atoms with Gasteiger partial charge in [0.1, 0.15) is 6.54 Å². The number of hydrogen-bond acceptors (Lipinski definition) is 5. The van der Waals surface area contributed by atoms with Crippen molar-refractivity contribution in [3.8, 4) is 0 Å². The number of amides is 1. The molecule has 1 heterocycles. The van der Waals surface area contributed by atoms with Gasteiger partial charge in [-0.1, -0.05) is 12.1 Å². The van der Waals surface area contributed by atoms with Crippen molar-refractivity contribution in [1.82, 2.24) is 4.31 Å². The molecule has 0 saturated carbocycles. The third-order valence-electron chi connectivity index (χ3n) is 3.76. The standard InChI is InChI=1S/C17H21N3O5S/c1-5-25-17(22)15-10-20(26(23,24)18-13(15)3)11-16(21)19(4)14-8-6-7-12(2)9-14/h6-10H,5,11H2,1-4H3. The summed E-state index contributed by atoms with van der Waals surface area (Å²) >= 11 is 0. The molecule has 0 aliphatic carbocycles. The zero-order valence-electron chi connectivity index (χ0n) is 15.1. The number of aryl methyl sites for hydroxylation is 1. The van der Waals surface area contributed by atoms with Crippen LogP contribution in [0.5, 0.6) is 0 Å². The number of hydrogen-bond donors (Lipinski definition) is 0. The van der Waals surface area contributed by atoms with Gasteiger partial charge in [-0.05, 0) is 38.5 Å². The maximum absolute atomic E-state index is 12.5. The summed E-state index contributed by atoms with van der Waals surface area (Å²) in [5.74, 6) is -1.15. The molecule has 8 nitrogen and oxygen atoms in total. The Bertz CT molecular complexity index is 889. The second kappa shape index (κ2) is 7.69. The van der Waals surface area contributed by atoms with Gasteiger partial charge in [0.25, 0.3) is 0 Å². The van der Waals surface area contributed by atoms with Crippen molar-refractivity contribution in [2.24, 2.45) is 4.40 Å². The fourth-order valence-electron chi connectivity index (χ4n) is 2.34. The lowest BCUT2D eigenvalue weighted by molar-refractivity contribution is -0.138. The third kappa shape index (κ3) is 4.29. The summed E-state index contributed by atoms with van der Waals surface area (Å²) in [5.41, 5.74) is 1.64. The number of likely N-dealkylation sites (N-methyl/N-ethyl adjacent to an activating group) is 1. The second-order valence-electron chi connectivity index (χ2n) is 5.75. The van der Waals surface area contributed by atoms with Crippen LogP contribution in [-0.2, 0) is 24.5 Å². The zero-order chi connectivity index (χ0) is 19.5. The Labute approximate surface area is 152 Å². The Balaban J connectivity index is 2.25. The molecular weight excluding hydrogens is 358 g/mol. The average molecular weight is 379 g/mol. The molecule has 0 fully saturated rings. The minimum absolute atomic E-state index is 0.00711. The lowest BCUT2D eigenvalue weighted by atomic mass is 10.2. The van der Waals surface area contributed by atoms with E-state index in [1.54, 1.807) is 26.1 Å². The van der Waals surface area contributed by atoms with E-state index in [1.807, 2.05) is 19.1 Å². The first-order valence-corrected chi connectivity index (χ1v) is 9.36. The van der Waals surface area contributed by atoms with E-state index in [2.05, 4.69) is 4.40 Å². The normalized spacial score (nSPS) is 15.8. The van der Waals surface area contributed by atoms with Crippen LogP contribution in [0.1, 0.15) is 19.4 Å². The lowest BCUT2D eigenvalue weighted by Crippen LogP contribution is -2.40. The van der Waals surface area contributed by atoms with E-state index in [4.69, 9.17) is 4.74 Å². The number of rotatable bonds is 5. The van der Waals surface area contributed by atoms with Gasteiger partial charge in [-0.2, -0.15) is 8.42 Å². The highest BCUT2D eigenvalue weighted by Gasteiger charge is 2.31. The summed E-state index contributed by atoms with van der Waals surface area (Å²) < 4.78 is 33.7. The van der Waals surface area contributed by atoms with Crippen LogP contribution in [0.3, 0.4) is 0 Å². The fraction of sp³-hybridized carbons (Fsp3) is 0.353. The molecule has 0 spiro atoms. The van der Waals surface area contributed by atoms with Crippen molar-refractivity contribution >= 4 is 33.5 Å². The Kier molecular flexibility index (Phi) is 5.81. The Morgan fingerprint density at radius 2 is 1.96 bits per heavy atom. The summed E-state index contributed by atoms with van der Waals surface area (Å²) in [6.45, 7) is 4.60. The van der Waals surface area contributed by atoms with E-state index < -0.39 is 28.6 Å². The molecule has 0 atom stereocenters. The van der Waals surface area contributed by atoms with Gasteiger partial charge in [0.2, 0.25) is 5.91 Å². The quantitative estimate of drug-likeness (QED) is 0.721. The van der Waals surface area contributed by atoms with Crippen LogP contribution in [0.15, 0.2) is 40.4 Å². The van der Waals surface area contributed by atoms with E-state index in [1.165, 1.54) is 11.8 Å². The number of ether oxygens (including phenoxy) is 1. The van der Waals surface area contributed by atoms with Crippen molar-refractivity contribution in [3.05, 3.63) is 41.6 Å². The van der Waals surface area contributed by atoms with Crippen LogP contribution < -0.4 is 4.90 Å². The predicted molar refractivity (Wildman–Crippen MR) is 98.0 cm³/mol. The summed E-state index contributed by atoms with van der Waals surface area (Å²) in [6.07, 6.45) is 1.09.